The Balaban J connectivity index is 2.05. The fourth-order valence-corrected chi connectivity index (χ4v) is 2.95. The smallest absolute Gasteiger partial charge is 0.261 e. The molecule has 0 aromatic heterocycles. The molecule has 5 heteroatoms. The number of benzene rings is 2. The SMILES string of the molecule is CCCCNC(=O)C(C)N(Cc1ccccc1)C(=O)COc1ccc(CC)cc1. The number of unbranched alkanes of at least 4 members (excludes halogenated alkanes) is 1. The highest BCUT2D eigenvalue weighted by Gasteiger charge is 2.26. The summed E-state index contributed by atoms with van der Waals surface area (Å²) in [7, 11) is 0. The van der Waals surface area contributed by atoms with E-state index in [1.165, 1.54) is 5.56 Å². The van der Waals surface area contributed by atoms with Gasteiger partial charge in [-0.05, 0) is 43.0 Å². The van der Waals surface area contributed by atoms with Crippen molar-refractivity contribution in [2.24, 2.45) is 0 Å². The van der Waals surface area contributed by atoms with E-state index < -0.39 is 6.04 Å². The Bertz CT molecular complexity index is 759. The maximum Gasteiger partial charge on any atom is 0.261 e. The molecule has 156 valence electrons. The molecule has 0 aliphatic rings. The van der Waals surface area contributed by atoms with Crippen molar-refractivity contribution >= 4 is 11.8 Å². The summed E-state index contributed by atoms with van der Waals surface area (Å²) < 4.78 is 5.69. The second kappa shape index (κ2) is 11.9. The first-order valence-corrected chi connectivity index (χ1v) is 10.4. The lowest BCUT2D eigenvalue weighted by atomic mass is 10.1. The van der Waals surface area contributed by atoms with E-state index in [-0.39, 0.29) is 18.4 Å². The Hall–Kier alpha value is -2.82. The van der Waals surface area contributed by atoms with Gasteiger partial charge in [0.05, 0.1) is 0 Å². The molecule has 0 aliphatic heterocycles. The van der Waals surface area contributed by atoms with E-state index in [1.54, 1.807) is 11.8 Å². The van der Waals surface area contributed by atoms with Gasteiger partial charge >= 0.3 is 0 Å². The van der Waals surface area contributed by atoms with E-state index in [2.05, 4.69) is 19.2 Å². The van der Waals surface area contributed by atoms with Crippen molar-refractivity contribution in [3.63, 3.8) is 0 Å². The number of hydrogen-bond acceptors (Lipinski definition) is 3. The van der Waals surface area contributed by atoms with Crippen LogP contribution in [0.2, 0.25) is 0 Å². The fourth-order valence-electron chi connectivity index (χ4n) is 2.95. The lowest BCUT2D eigenvalue weighted by Gasteiger charge is -2.28. The standard InChI is InChI=1S/C24H32N2O3/c1-4-6-16-25-24(28)19(3)26(17-21-10-8-7-9-11-21)23(27)18-29-22-14-12-20(5-2)13-15-22/h7-15,19H,4-6,16-18H2,1-3H3,(H,25,28). The van der Waals surface area contributed by atoms with Crippen LogP contribution in [0.1, 0.15) is 44.7 Å². The van der Waals surface area contributed by atoms with Crippen molar-refractivity contribution in [2.75, 3.05) is 13.2 Å². The molecule has 0 fully saturated rings. The minimum atomic E-state index is -0.578. The summed E-state index contributed by atoms with van der Waals surface area (Å²) in [5, 5.41) is 2.92. The number of nitrogens with one attached hydrogen (secondary N) is 1. The van der Waals surface area contributed by atoms with Crippen LogP contribution in [0.15, 0.2) is 54.6 Å². The van der Waals surface area contributed by atoms with Crippen molar-refractivity contribution < 1.29 is 14.3 Å². The van der Waals surface area contributed by atoms with Gasteiger partial charge in [-0.1, -0.05) is 62.7 Å². The zero-order valence-corrected chi connectivity index (χ0v) is 17.7. The second-order valence-electron chi connectivity index (χ2n) is 7.11. The lowest BCUT2D eigenvalue weighted by Crippen LogP contribution is -2.49. The van der Waals surface area contributed by atoms with E-state index in [4.69, 9.17) is 4.74 Å². The lowest BCUT2D eigenvalue weighted by molar-refractivity contribution is -0.142. The highest BCUT2D eigenvalue weighted by molar-refractivity contribution is 5.87. The molecule has 29 heavy (non-hydrogen) atoms. The molecule has 1 N–H and O–H groups in total. The molecule has 2 amide bonds. The van der Waals surface area contributed by atoms with Crippen molar-refractivity contribution in [2.45, 2.75) is 52.6 Å². The first-order chi connectivity index (χ1) is 14.0. The van der Waals surface area contributed by atoms with Crippen LogP contribution in [0, 0.1) is 0 Å². The molecule has 1 unspecified atom stereocenters. The second-order valence-corrected chi connectivity index (χ2v) is 7.11. The third-order valence-electron chi connectivity index (χ3n) is 4.89. The van der Waals surface area contributed by atoms with Crippen LogP contribution in [0.25, 0.3) is 0 Å². The zero-order valence-electron chi connectivity index (χ0n) is 17.7. The van der Waals surface area contributed by atoms with Gasteiger partial charge in [0.1, 0.15) is 11.8 Å². The molecule has 0 spiro atoms. The van der Waals surface area contributed by atoms with Gasteiger partial charge in [0.15, 0.2) is 6.61 Å². The largest absolute Gasteiger partial charge is 0.484 e. The molecular weight excluding hydrogens is 364 g/mol. The summed E-state index contributed by atoms with van der Waals surface area (Å²) in [6, 6.07) is 16.8. The predicted octanol–water partition coefficient (Wildman–Crippen LogP) is 3.96. The van der Waals surface area contributed by atoms with Crippen LogP contribution in [0.5, 0.6) is 5.75 Å². The van der Waals surface area contributed by atoms with E-state index in [0.29, 0.717) is 18.8 Å². The number of aryl methyl sites for hydroxylation is 1. The number of carbonyl (C=O) groups is 2. The third kappa shape index (κ3) is 7.26. The molecule has 2 aromatic rings. The van der Waals surface area contributed by atoms with Crippen molar-refractivity contribution in [1.29, 1.82) is 0 Å². The Kier molecular flexibility index (Phi) is 9.22. The van der Waals surface area contributed by atoms with E-state index >= 15 is 0 Å². The van der Waals surface area contributed by atoms with Crippen LogP contribution in [-0.2, 0) is 22.6 Å². The molecule has 0 radical (unpaired) electrons. The van der Waals surface area contributed by atoms with Crippen molar-refractivity contribution in [1.82, 2.24) is 10.2 Å². The molecule has 0 saturated carbocycles. The molecule has 0 heterocycles. The summed E-state index contributed by atoms with van der Waals surface area (Å²) in [6.45, 7) is 6.80. The first kappa shape index (κ1) is 22.5. The fraction of sp³-hybridized carbons (Fsp3) is 0.417. The summed E-state index contributed by atoms with van der Waals surface area (Å²) in [4.78, 5) is 27.1. The van der Waals surface area contributed by atoms with Crippen molar-refractivity contribution in [3.8, 4) is 5.75 Å². The first-order valence-electron chi connectivity index (χ1n) is 10.4. The van der Waals surface area contributed by atoms with E-state index in [1.807, 2.05) is 54.6 Å². The number of carbonyl (C=O) groups excluding carboxylic acids is 2. The number of hydrogen-bond donors (Lipinski definition) is 1. The average molecular weight is 397 g/mol. The van der Waals surface area contributed by atoms with Gasteiger partial charge < -0.3 is 15.0 Å². The monoisotopic (exact) mass is 396 g/mol. The Labute approximate surface area is 174 Å². The number of nitrogens with zero attached hydrogens (tertiary/aromatic N) is 1. The van der Waals surface area contributed by atoms with Gasteiger partial charge in [-0.3, -0.25) is 9.59 Å². The van der Waals surface area contributed by atoms with Gasteiger partial charge in [0.25, 0.3) is 5.91 Å². The summed E-state index contributed by atoms with van der Waals surface area (Å²) in [5.74, 6) is 0.289. The molecule has 5 nitrogen and oxygen atoms in total. The average Bonchev–Trinajstić information content (AvgIpc) is 2.76. The Morgan fingerprint density at radius 3 is 2.31 bits per heavy atom. The van der Waals surface area contributed by atoms with Crippen LogP contribution >= 0.6 is 0 Å². The Morgan fingerprint density at radius 1 is 1.00 bits per heavy atom. The van der Waals surface area contributed by atoms with Crippen LogP contribution < -0.4 is 10.1 Å². The molecule has 1 atom stereocenters. The minimum Gasteiger partial charge on any atom is -0.484 e. The molecule has 0 aliphatic carbocycles. The van der Waals surface area contributed by atoms with Gasteiger partial charge in [-0.2, -0.15) is 0 Å². The quantitative estimate of drug-likeness (QED) is 0.585. The molecular formula is C24H32N2O3. The summed E-state index contributed by atoms with van der Waals surface area (Å²) in [5.41, 5.74) is 2.19. The van der Waals surface area contributed by atoms with E-state index in [9.17, 15) is 9.59 Å². The third-order valence-corrected chi connectivity index (χ3v) is 4.89. The maximum atomic E-state index is 12.9. The maximum absolute atomic E-state index is 12.9. The van der Waals surface area contributed by atoms with Gasteiger partial charge in [-0.15, -0.1) is 0 Å². The topological polar surface area (TPSA) is 58.6 Å². The van der Waals surface area contributed by atoms with Gasteiger partial charge in [0.2, 0.25) is 5.91 Å². The van der Waals surface area contributed by atoms with E-state index in [0.717, 1.165) is 24.8 Å². The number of ether oxygens (including phenoxy) is 1. The predicted molar refractivity (Wildman–Crippen MR) is 116 cm³/mol. The summed E-state index contributed by atoms with van der Waals surface area (Å²) in [6.07, 6.45) is 2.88. The molecule has 2 aromatic carbocycles. The normalized spacial score (nSPS) is 11.6. The molecule has 2 rings (SSSR count). The zero-order chi connectivity index (χ0) is 21.1. The highest BCUT2D eigenvalue weighted by Crippen LogP contribution is 2.14. The van der Waals surface area contributed by atoms with Crippen LogP contribution in [0.4, 0.5) is 0 Å². The van der Waals surface area contributed by atoms with Crippen molar-refractivity contribution in [3.05, 3.63) is 65.7 Å². The molecule has 0 saturated heterocycles. The van der Waals surface area contributed by atoms with Gasteiger partial charge in [0, 0.05) is 13.1 Å². The van der Waals surface area contributed by atoms with Crippen LogP contribution in [0.3, 0.4) is 0 Å². The van der Waals surface area contributed by atoms with Crippen LogP contribution in [-0.4, -0.2) is 35.9 Å². The highest BCUT2D eigenvalue weighted by atomic mass is 16.5. The minimum absolute atomic E-state index is 0.106. The Morgan fingerprint density at radius 2 is 1.69 bits per heavy atom. The number of amides is 2. The molecule has 0 bridgehead atoms. The van der Waals surface area contributed by atoms with Gasteiger partial charge in [-0.25, -0.2) is 0 Å². The number of rotatable bonds is 11. The summed E-state index contributed by atoms with van der Waals surface area (Å²) >= 11 is 0.